The van der Waals surface area contributed by atoms with Crippen LogP contribution in [0.4, 0.5) is 9.93 Å². The highest BCUT2D eigenvalue weighted by Gasteiger charge is 2.23. The van der Waals surface area contributed by atoms with Gasteiger partial charge in [0, 0.05) is 13.1 Å². The van der Waals surface area contributed by atoms with Crippen LogP contribution in [-0.4, -0.2) is 62.4 Å². The molecule has 0 bridgehead atoms. The van der Waals surface area contributed by atoms with Gasteiger partial charge in [-0.2, -0.15) is 0 Å². The molecule has 2 aliphatic rings. The summed E-state index contributed by atoms with van der Waals surface area (Å²) in [4.78, 5) is 18.9. The molecule has 4 rings (SSSR count). The van der Waals surface area contributed by atoms with E-state index in [2.05, 4.69) is 21.7 Å². The van der Waals surface area contributed by atoms with E-state index in [-0.39, 0.29) is 18.4 Å². The SMILES string of the molecule is COc1ccc(C2CCNCC2)c2sc(NC(=O)N3CCOCC3)nc12.Cl. The summed E-state index contributed by atoms with van der Waals surface area (Å²) in [6.07, 6.45) is 2.24. The molecule has 0 atom stereocenters. The van der Waals surface area contributed by atoms with Gasteiger partial charge >= 0.3 is 6.03 Å². The summed E-state index contributed by atoms with van der Waals surface area (Å²) in [7, 11) is 1.66. The third kappa shape index (κ3) is 4.29. The van der Waals surface area contributed by atoms with Gasteiger partial charge in [0.05, 0.1) is 25.0 Å². The second-order valence-electron chi connectivity index (χ2n) is 6.61. The third-order valence-corrected chi connectivity index (χ3v) is 6.07. The van der Waals surface area contributed by atoms with Crippen molar-refractivity contribution >= 4 is 45.1 Å². The van der Waals surface area contributed by atoms with Gasteiger partial charge in [0.1, 0.15) is 11.3 Å². The van der Waals surface area contributed by atoms with E-state index < -0.39 is 0 Å². The van der Waals surface area contributed by atoms with E-state index in [9.17, 15) is 4.79 Å². The number of amides is 2. The zero-order chi connectivity index (χ0) is 17.9. The van der Waals surface area contributed by atoms with E-state index in [0.717, 1.165) is 41.9 Å². The highest BCUT2D eigenvalue weighted by molar-refractivity contribution is 7.22. The van der Waals surface area contributed by atoms with Crippen LogP contribution in [0.3, 0.4) is 0 Å². The third-order valence-electron chi connectivity index (χ3n) is 5.05. The average molecular weight is 413 g/mol. The van der Waals surface area contributed by atoms with Gasteiger partial charge in [-0.05, 0) is 43.5 Å². The van der Waals surface area contributed by atoms with Crippen LogP contribution in [0.5, 0.6) is 5.75 Å². The number of methoxy groups -OCH3 is 1. The zero-order valence-electron chi connectivity index (χ0n) is 15.3. The number of hydrogen-bond donors (Lipinski definition) is 2. The first kappa shape index (κ1) is 20.1. The number of morpholine rings is 1. The number of halogens is 1. The minimum absolute atomic E-state index is 0. The van der Waals surface area contributed by atoms with Crippen molar-refractivity contribution in [2.24, 2.45) is 0 Å². The number of hydrogen-bond acceptors (Lipinski definition) is 6. The first-order valence-electron chi connectivity index (χ1n) is 9.08. The lowest BCUT2D eigenvalue weighted by atomic mass is 9.90. The molecule has 0 spiro atoms. The maximum absolute atomic E-state index is 12.5. The summed E-state index contributed by atoms with van der Waals surface area (Å²) in [5, 5.41) is 6.99. The van der Waals surface area contributed by atoms with Gasteiger partial charge in [-0.15, -0.1) is 12.4 Å². The molecule has 9 heteroatoms. The number of urea groups is 1. The van der Waals surface area contributed by atoms with E-state index in [4.69, 9.17) is 9.47 Å². The molecule has 2 aromatic rings. The van der Waals surface area contributed by atoms with Crippen molar-refractivity contribution in [3.8, 4) is 5.75 Å². The number of carbonyl (C=O) groups excluding carboxylic acids is 1. The smallest absolute Gasteiger partial charge is 0.323 e. The van der Waals surface area contributed by atoms with Crippen molar-refractivity contribution < 1.29 is 14.3 Å². The number of nitrogens with zero attached hydrogens (tertiary/aromatic N) is 2. The largest absolute Gasteiger partial charge is 0.494 e. The van der Waals surface area contributed by atoms with Gasteiger partial charge < -0.3 is 19.7 Å². The van der Waals surface area contributed by atoms with Crippen molar-refractivity contribution in [3.63, 3.8) is 0 Å². The van der Waals surface area contributed by atoms with Gasteiger partial charge in [-0.25, -0.2) is 9.78 Å². The summed E-state index contributed by atoms with van der Waals surface area (Å²) in [6.45, 7) is 4.47. The number of ether oxygens (including phenoxy) is 2. The Morgan fingerprint density at radius 1 is 1.33 bits per heavy atom. The Labute approximate surface area is 168 Å². The zero-order valence-corrected chi connectivity index (χ0v) is 17.0. The summed E-state index contributed by atoms with van der Waals surface area (Å²) in [5.74, 6) is 1.27. The fourth-order valence-corrected chi connectivity index (χ4v) is 4.68. The molecule has 148 valence electrons. The molecular weight excluding hydrogens is 388 g/mol. The molecule has 0 aliphatic carbocycles. The summed E-state index contributed by atoms with van der Waals surface area (Å²) in [6, 6.07) is 4.03. The lowest BCUT2D eigenvalue weighted by molar-refractivity contribution is 0.0564. The van der Waals surface area contributed by atoms with Crippen molar-refractivity contribution in [2.45, 2.75) is 18.8 Å². The number of anilines is 1. The van der Waals surface area contributed by atoms with E-state index in [0.29, 0.717) is 37.4 Å². The van der Waals surface area contributed by atoms with Gasteiger partial charge in [-0.3, -0.25) is 5.32 Å². The second-order valence-corrected chi connectivity index (χ2v) is 7.61. The maximum atomic E-state index is 12.5. The lowest BCUT2D eigenvalue weighted by Crippen LogP contribution is -2.43. The van der Waals surface area contributed by atoms with Gasteiger partial charge in [0.25, 0.3) is 0 Å². The standard InChI is InChI=1S/C18H24N4O3S.ClH/c1-24-14-3-2-13(12-4-6-19-7-5-12)16-15(14)20-17(26-16)21-18(23)22-8-10-25-11-9-22;/h2-3,12,19H,4-11H2,1H3,(H,20,21,23);1H. The predicted octanol–water partition coefficient (Wildman–Crippen LogP) is 3.06. The van der Waals surface area contributed by atoms with E-state index in [1.165, 1.54) is 16.9 Å². The number of benzene rings is 1. The minimum atomic E-state index is -0.116. The van der Waals surface area contributed by atoms with Crippen molar-refractivity contribution in [1.29, 1.82) is 0 Å². The molecule has 27 heavy (non-hydrogen) atoms. The van der Waals surface area contributed by atoms with E-state index in [1.54, 1.807) is 12.0 Å². The molecule has 0 unspecified atom stereocenters. The molecule has 2 saturated heterocycles. The Hall–Kier alpha value is -1.61. The van der Waals surface area contributed by atoms with Crippen LogP contribution in [-0.2, 0) is 4.74 Å². The van der Waals surface area contributed by atoms with Crippen LogP contribution in [0, 0.1) is 0 Å². The number of aromatic nitrogens is 1. The van der Waals surface area contributed by atoms with Crippen LogP contribution in [0.25, 0.3) is 10.2 Å². The van der Waals surface area contributed by atoms with Gasteiger partial charge in [0.15, 0.2) is 5.13 Å². The number of nitrogens with one attached hydrogen (secondary N) is 2. The monoisotopic (exact) mass is 412 g/mol. The second kappa shape index (κ2) is 9.05. The molecule has 7 nitrogen and oxygen atoms in total. The molecule has 2 N–H and O–H groups in total. The number of fused-ring (bicyclic) bond motifs is 1. The van der Waals surface area contributed by atoms with Gasteiger partial charge in [-0.1, -0.05) is 17.4 Å². The molecule has 1 aromatic carbocycles. The lowest BCUT2D eigenvalue weighted by Gasteiger charge is -2.26. The Bertz CT molecular complexity index is 788. The molecule has 0 radical (unpaired) electrons. The topological polar surface area (TPSA) is 75.7 Å². The maximum Gasteiger partial charge on any atom is 0.323 e. The molecular formula is C18H25ClN4O3S. The molecule has 2 aliphatic heterocycles. The minimum Gasteiger partial charge on any atom is -0.494 e. The van der Waals surface area contributed by atoms with Gasteiger partial charge in [0.2, 0.25) is 0 Å². The quantitative estimate of drug-likeness (QED) is 0.810. The van der Waals surface area contributed by atoms with Crippen molar-refractivity contribution in [2.75, 3.05) is 51.8 Å². The predicted molar refractivity (Wildman–Crippen MR) is 110 cm³/mol. The average Bonchev–Trinajstić information content (AvgIpc) is 3.12. The Kier molecular flexibility index (Phi) is 6.75. The summed E-state index contributed by atoms with van der Waals surface area (Å²) >= 11 is 1.54. The first-order chi connectivity index (χ1) is 12.8. The van der Waals surface area contributed by atoms with Crippen LogP contribution in [0.2, 0.25) is 0 Å². The molecule has 2 fully saturated rings. The number of thiazole rings is 1. The van der Waals surface area contributed by atoms with E-state index >= 15 is 0 Å². The highest BCUT2D eigenvalue weighted by Crippen LogP contribution is 2.40. The first-order valence-corrected chi connectivity index (χ1v) is 9.89. The van der Waals surface area contributed by atoms with Crippen molar-refractivity contribution in [3.05, 3.63) is 17.7 Å². The van der Waals surface area contributed by atoms with Crippen LogP contribution in [0.15, 0.2) is 12.1 Å². The summed E-state index contributed by atoms with van der Waals surface area (Å²) < 4.78 is 11.9. The molecule has 0 saturated carbocycles. The number of rotatable bonds is 3. The summed E-state index contributed by atoms with van der Waals surface area (Å²) in [5.41, 5.74) is 2.15. The van der Waals surface area contributed by atoms with Crippen molar-refractivity contribution in [1.82, 2.24) is 15.2 Å². The molecule has 3 heterocycles. The Morgan fingerprint density at radius 2 is 2.07 bits per heavy atom. The highest BCUT2D eigenvalue weighted by atomic mass is 35.5. The molecule has 1 aromatic heterocycles. The normalized spacial score (nSPS) is 18.2. The van der Waals surface area contributed by atoms with Crippen LogP contribution < -0.4 is 15.4 Å². The van der Waals surface area contributed by atoms with Crippen LogP contribution in [0.1, 0.15) is 24.3 Å². The number of carbonyl (C=O) groups is 1. The Morgan fingerprint density at radius 3 is 2.78 bits per heavy atom. The fraction of sp³-hybridized carbons (Fsp3) is 0.556. The fourth-order valence-electron chi connectivity index (χ4n) is 3.61. The van der Waals surface area contributed by atoms with Crippen LogP contribution >= 0.6 is 23.7 Å². The van der Waals surface area contributed by atoms with E-state index in [1.807, 2.05) is 6.07 Å². The molecule has 2 amide bonds. The Balaban J connectivity index is 0.00000210. The number of piperidine rings is 1.